The average Bonchev–Trinajstić information content (AvgIpc) is 3.39. The molecule has 0 radical (unpaired) electrons. The quantitative estimate of drug-likeness (QED) is 0.456. The summed E-state index contributed by atoms with van der Waals surface area (Å²) in [7, 11) is 0. The molecule has 1 fully saturated rings. The van der Waals surface area contributed by atoms with E-state index in [1.54, 1.807) is 31.0 Å². The molecule has 0 amide bonds. The van der Waals surface area contributed by atoms with Crippen molar-refractivity contribution in [2.24, 2.45) is 4.99 Å². The minimum atomic E-state index is -0.354. The second-order valence-electron chi connectivity index (χ2n) is 8.04. The number of aromatic amines is 1. The number of piperazine rings is 1. The van der Waals surface area contributed by atoms with Crippen LogP contribution in [0.2, 0.25) is 0 Å². The van der Waals surface area contributed by atoms with Gasteiger partial charge in [0, 0.05) is 48.7 Å². The van der Waals surface area contributed by atoms with E-state index < -0.39 is 0 Å². The van der Waals surface area contributed by atoms with Crippen molar-refractivity contribution >= 4 is 28.5 Å². The fourth-order valence-corrected chi connectivity index (χ4v) is 4.15. The Morgan fingerprint density at radius 1 is 1.12 bits per heavy atom. The number of aromatic nitrogens is 2. The van der Waals surface area contributed by atoms with E-state index >= 15 is 0 Å². The molecule has 1 saturated heterocycles. The maximum Gasteiger partial charge on any atom is 0.258 e. The maximum atomic E-state index is 12.4. The smallest absolute Gasteiger partial charge is 0.258 e. The molecular weight excluding hydrogens is 418 g/mol. The van der Waals surface area contributed by atoms with Gasteiger partial charge in [-0.05, 0) is 42.4 Å². The van der Waals surface area contributed by atoms with Crippen LogP contribution < -0.4 is 10.5 Å². The minimum Gasteiger partial charge on any atom is -0.494 e. The van der Waals surface area contributed by atoms with Crippen molar-refractivity contribution in [3.63, 3.8) is 0 Å². The Morgan fingerprint density at radius 2 is 1.97 bits per heavy atom. The van der Waals surface area contributed by atoms with Gasteiger partial charge in [0.25, 0.3) is 5.56 Å². The SMILES string of the molecule is CCN1CCN(c2ccc(N=Cc3c(O)[nH]c(=O)c4ccc(-c5ccoc5)cc34)cn2)CC1. The van der Waals surface area contributed by atoms with E-state index in [4.69, 9.17) is 4.42 Å². The van der Waals surface area contributed by atoms with E-state index in [9.17, 15) is 9.90 Å². The topological polar surface area (TPSA) is 98.0 Å². The molecule has 4 heterocycles. The molecule has 3 aromatic heterocycles. The van der Waals surface area contributed by atoms with Crippen molar-refractivity contribution < 1.29 is 9.52 Å². The summed E-state index contributed by atoms with van der Waals surface area (Å²) >= 11 is 0. The van der Waals surface area contributed by atoms with Gasteiger partial charge in [-0.3, -0.25) is 14.8 Å². The molecule has 8 heteroatoms. The molecular formula is C25H25N5O3. The molecule has 4 aromatic rings. The summed E-state index contributed by atoms with van der Waals surface area (Å²) in [5.41, 5.74) is 2.52. The molecule has 168 valence electrons. The summed E-state index contributed by atoms with van der Waals surface area (Å²) in [6.07, 6.45) is 6.51. The highest BCUT2D eigenvalue weighted by Gasteiger charge is 2.16. The summed E-state index contributed by atoms with van der Waals surface area (Å²) in [5, 5.41) is 11.5. The Labute approximate surface area is 190 Å². The third-order valence-electron chi connectivity index (χ3n) is 6.11. The third kappa shape index (κ3) is 4.25. The molecule has 0 saturated carbocycles. The van der Waals surface area contributed by atoms with Gasteiger partial charge >= 0.3 is 0 Å². The summed E-state index contributed by atoms with van der Waals surface area (Å²) in [6, 6.07) is 11.2. The molecule has 0 spiro atoms. The van der Waals surface area contributed by atoms with Gasteiger partial charge in [0.15, 0.2) is 0 Å². The second-order valence-corrected chi connectivity index (χ2v) is 8.04. The Morgan fingerprint density at radius 3 is 2.67 bits per heavy atom. The molecule has 0 aliphatic carbocycles. The van der Waals surface area contributed by atoms with Gasteiger partial charge < -0.3 is 19.3 Å². The van der Waals surface area contributed by atoms with Crippen LogP contribution in [0.3, 0.4) is 0 Å². The number of nitrogens with one attached hydrogen (secondary N) is 1. The van der Waals surface area contributed by atoms with E-state index in [1.165, 1.54) is 0 Å². The number of aliphatic imine (C=N–C) groups is 1. The zero-order valence-corrected chi connectivity index (χ0v) is 18.4. The highest BCUT2D eigenvalue weighted by molar-refractivity contribution is 6.03. The molecule has 0 bridgehead atoms. The number of anilines is 1. The molecule has 2 N–H and O–H groups in total. The first-order valence-corrected chi connectivity index (χ1v) is 11.0. The molecule has 8 nitrogen and oxygen atoms in total. The number of benzene rings is 1. The number of hydrogen-bond donors (Lipinski definition) is 2. The molecule has 1 aromatic carbocycles. The van der Waals surface area contributed by atoms with Crippen molar-refractivity contribution in [3.8, 4) is 17.0 Å². The number of pyridine rings is 2. The van der Waals surface area contributed by atoms with Crippen LogP contribution >= 0.6 is 0 Å². The van der Waals surface area contributed by atoms with Crippen LogP contribution in [0, 0.1) is 0 Å². The Bertz CT molecular complexity index is 1340. The van der Waals surface area contributed by atoms with Gasteiger partial charge in [0.05, 0.1) is 30.0 Å². The van der Waals surface area contributed by atoms with Crippen molar-refractivity contribution in [2.75, 3.05) is 37.6 Å². The van der Waals surface area contributed by atoms with Gasteiger partial charge in [-0.2, -0.15) is 0 Å². The first kappa shape index (κ1) is 21.0. The standard InChI is InChI=1S/C25H25N5O3/c1-2-29-8-10-30(11-9-29)23-6-4-19(14-27-23)26-15-22-21-13-17(18-7-12-33-16-18)3-5-20(21)24(31)28-25(22)32/h3-7,12-16H,2,8-11H2,1H3,(H2,28,31,32). The predicted octanol–water partition coefficient (Wildman–Crippen LogP) is 3.78. The molecule has 0 atom stereocenters. The Hall–Kier alpha value is -3.91. The summed E-state index contributed by atoms with van der Waals surface area (Å²) in [4.78, 5) is 28.6. The van der Waals surface area contributed by atoms with Crippen LogP contribution in [-0.2, 0) is 0 Å². The lowest BCUT2D eigenvalue weighted by Gasteiger charge is -2.34. The summed E-state index contributed by atoms with van der Waals surface area (Å²) in [5.74, 6) is 0.714. The summed E-state index contributed by atoms with van der Waals surface area (Å²) < 4.78 is 5.17. The van der Waals surface area contributed by atoms with Crippen molar-refractivity contribution in [3.05, 3.63) is 71.0 Å². The van der Waals surface area contributed by atoms with E-state index in [1.807, 2.05) is 30.3 Å². The van der Waals surface area contributed by atoms with Crippen LogP contribution in [0.4, 0.5) is 11.5 Å². The second kappa shape index (κ2) is 8.91. The van der Waals surface area contributed by atoms with Gasteiger partial charge in [-0.15, -0.1) is 0 Å². The van der Waals surface area contributed by atoms with Gasteiger partial charge in [-0.25, -0.2) is 4.98 Å². The fourth-order valence-electron chi connectivity index (χ4n) is 4.15. The first-order valence-electron chi connectivity index (χ1n) is 11.0. The van der Waals surface area contributed by atoms with Gasteiger partial charge in [0.1, 0.15) is 5.82 Å². The average molecular weight is 444 g/mol. The van der Waals surface area contributed by atoms with E-state index in [-0.39, 0.29) is 11.4 Å². The molecule has 33 heavy (non-hydrogen) atoms. The van der Waals surface area contributed by atoms with Crippen LogP contribution in [-0.4, -0.2) is 58.9 Å². The number of hydrogen-bond acceptors (Lipinski definition) is 7. The lowest BCUT2D eigenvalue weighted by atomic mass is 10.0. The lowest BCUT2D eigenvalue weighted by molar-refractivity contribution is 0.270. The van der Waals surface area contributed by atoms with E-state index in [0.29, 0.717) is 22.0 Å². The number of H-pyrrole nitrogens is 1. The van der Waals surface area contributed by atoms with E-state index in [0.717, 1.165) is 49.7 Å². The molecule has 1 aliphatic rings. The summed E-state index contributed by atoms with van der Waals surface area (Å²) in [6.45, 7) is 7.25. The highest BCUT2D eigenvalue weighted by Crippen LogP contribution is 2.28. The number of furan rings is 1. The third-order valence-corrected chi connectivity index (χ3v) is 6.11. The highest BCUT2D eigenvalue weighted by atomic mass is 16.3. The zero-order valence-electron chi connectivity index (χ0n) is 18.4. The van der Waals surface area contributed by atoms with Crippen LogP contribution in [0.5, 0.6) is 5.88 Å². The van der Waals surface area contributed by atoms with Crippen LogP contribution in [0.1, 0.15) is 12.5 Å². The van der Waals surface area contributed by atoms with Crippen molar-refractivity contribution in [1.29, 1.82) is 0 Å². The van der Waals surface area contributed by atoms with Gasteiger partial charge in [-0.1, -0.05) is 13.0 Å². The monoisotopic (exact) mass is 443 g/mol. The fraction of sp³-hybridized carbons (Fsp3) is 0.240. The molecule has 5 rings (SSSR count). The predicted molar refractivity (Wildman–Crippen MR) is 130 cm³/mol. The zero-order chi connectivity index (χ0) is 22.8. The lowest BCUT2D eigenvalue weighted by Crippen LogP contribution is -2.46. The number of aromatic hydroxyl groups is 1. The number of nitrogens with zero attached hydrogens (tertiary/aromatic N) is 4. The van der Waals surface area contributed by atoms with Crippen LogP contribution in [0.25, 0.3) is 21.9 Å². The van der Waals surface area contributed by atoms with Crippen LogP contribution in [0.15, 0.2) is 69.3 Å². The maximum absolute atomic E-state index is 12.4. The van der Waals surface area contributed by atoms with E-state index in [2.05, 4.69) is 31.7 Å². The molecule has 1 aliphatic heterocycles. The first-order chi connectivity index (χ1) is 16.1. The van der Waals surface area contributed by atoms with Gasteiger partial charge in [0.2, 0.25) is 5.88 Å². The normalized spacial score (nSPS) is 15.0. The Balaban J connectivity index is 1.43. The molecule has 0 unspecified atom stereocenters. The number of fused-ring (bicyclic) bond motifs is 1. The largest absolute Gasteiger partial charge is 0.494 e. The van der Waals surface area contributed by atoms with Crippen molar-refractivity contribution in [1.82, 2.24) is 14.9 Å². The number of likely N-dealkylation sites (N-methyl/N-ethyl adjacent to an activating group) is 1. The Kier molecular flexibility index (Phi) is 5.66. The van der Waals surface area contributed by atoms with Crippen molar-refractivity contribution in [2.45, 2.75) is 6.92 Å². The number of rotatable bonds is 5. The minimum absolute atomic E-state index is 0.223.